The smallest absolute Gasteiger partial charge is 0.0734 e. The van der Waals surface area contributed by atoms with Gasteiger partial charge in [-0.05, 0) is 12.8 Å². The van der Waals surface area contributed by atoms with Gasteiger partial charge in [0.25, 0.3) is 0 Å². The van der Waals surface area contributed by atoms with Crippen LogP contribution in [0.2, 0.25) is 0 Å². The molecule has 50 valence electrons. The molecule has 1 aliphatic heterocycles. The van der Waals surface area contributed by atoms with Crippen molar-refractivity contribution >= 4 is 0 Å². The van der Waals surface area contributed by atoms with Crippen molar-refractivity contribution < 1.29 is 4.74 Å². The number of hydrogen-bond donors (Lipinski definition) is 0. The largest absolute Gasteiger partial charge is 0.377 e. The van der Waals surface area contributed by atoms with E-state index in [0.29, 0.717) is 12.0 Å². The van der Waals surface area contributed by atoms with Crippen LogP contribution in [0, 0.1) is 18.3 Å². The molecule has 1 heterocycles. The van der Waals surface area contributed by atoms with Gasteiger partial charge in [-0.25, -0.2) is 0 Å². The van der Waals surface area contributed by atoms with Crippen molar-refractivity contribution in [3.8, 4) is 12.3 Å². The van der Waals surface area contributed by atoms with Crippen LogP contribution in [0.5, 0.6) is 0 Å². The second kappa shape index (κ2) is 2.89. The summed E-state index contributed by atoms with van der Waals surface area (Å²) in [5.41, 5.74) is 0. The van der Waals surface area contributed by atoms with Crippen molar-refractivity contribution in [3.05, 3.63) is 0 Å². The van der Waals surface area contributed by atoms with Gasteiger partial charge in [-0.1, -0.05) is 6.92 Å². The minimum atomic E-state index is 0.360. The fourth-order valence-electron chi connectivity index (χ4n) is 1.06. The maximum Gasteiger partial charge on any atom is 0.0734 e. The zero-order valence-electron chi connectivity index (χ0n) is 5.76. The monoisotopic (exact) mass is 124 g/mol. The number of terminal acetylenes is 1. The highest BCUT2D eigenvalue weighted by molar-refractivity contribution is 4.98. The summed E-state index contributed by atoms with van der Waals surface area (Å²) in [6, 6.07) is 0. The molecule has 0 spiro atoms. The molecule has 1 fully saturated rings. The van der Waals surface area contributed by atoms with E-state index in [2.05, 4.69) is 12.8 Å². The first-order valence-corrected chi connectivity index (χ1v) is 3.46. The molecule has 2 atom stereocenters. The van der Waals surface area contributed by atoms with Gasteiger partial charge in [0.1, 0.15) is 0 Å². The molecule has 0 aliphatic carbocycles. The Balaban J connectivity index is 2.30. The summed E-state index contributed by atoms with van der Waals surface area (Å²) in [5, 5.41) is 0. The van der Waals surface area contributed by atoms with Crippen LogP contribution in [0.4, 0.5) is 0 Å². The van der Waals surface area contributed by atoms with Gasteiger partial charge in [-0.2, -0.15) is 0 Å². The van der Waals surface area contributed by atoms with Crippen LogP contribution in [0.25, 0.3) is 0 Å². The van der Waals surface area contributed by atoms with Gasteiger partial charge in [0.2, 0.25) is 0 Å². The van der Waals surface area contributed by atoms with Gasteiger partial charge in [0.15, 0.2) is 0 Å². The molecule has 0 N–H and O–H groups in total. The van der Waals surface area contributed by atoms with Gasteiger partial charge in [0.05, 0.1) is 6.10 Å². The summed E-state index contributed by atoms with van der Waals surface area (Å²) >= 11 is 0. The summed E-state index contributed by atoms with van der Waals surface area (Å²) in [6.07, 6.45) is 7.84. The Morgan fingerprint density at radius 1 is 1.89 bits per heavy atom. The Bertz CT molecular complexity index is 119. The van der Waals surface area contributed by atoms with Crippen LogP contribution in [0.15, 0.2) is 0 Å². The van der Waals surface area contributed by atoms with Crippen LogP contribution in [-0.4, -0.2) is 12.7 Å². The standard InChI is InChI=1S/C8H12O/c1-3-7(4-2)8-5-6-9-8/h1,7-8H,4-6H2,2H3. The van der Waals surface area contributed by atoms with Crippen molar-refractivity contribution in [3.63, 3.8) is 0 Å². The minimum Gasteiger partial charge on any atom is -0.377 e. The zero-order chi connectivity index (χ0) is 6.69. The number of hydrogen-bond acceptors (Lipinski definition) is 1. The molecule has 0 aromatic rings. The molecular weight excluding hydrogens is 112 g/mol. The average molecular weight is 124 g/mol. The minimum absolute atomic E-state index is 0.360. The fraction of sp³-hybridized carbons (Fsp3) is 0.750. The van der Waals surface area contributed by atoms with E-state index in [1.807, 2.05) is 0 Å². The van der Waals surface area contributed by atoms with Gasteiger partial charge >= 0.3 is 0 Å². The first-order chi connectivity index (χ1) is 4.38. The van der Waals surface area contributed by atoms with E-state index in [1.165, 1.54) is 0 Å². The topological polar surface area (TPSA) is 9.23 Å². The van der Waals surface area contributed by atoms with Gasteiger partial charge in [0, 0.05) is 12.5 Å². The molecule has 0 saturated carbocycles. The predicted molar refractivity (Wildman–Crippen MR) is 37.0 cm³/mol. The second-order valence-corrected chi connectivity index (χ2v) is 2.38. The summed E-state index contributed by atoms with van der Waals surface area (Å²) < 4.78 is 5.23. The molecule has 1 heteroatoms. The number of rotatable bonds is 2. The van der Waals surface area contributed by atoms with Crippen LogP contribution in [0.1, 0.15) is 19.8 Å². The van der Waals surface area contributed by atoms with Crippen molar-refractivity contribution in [2.75, 3.05) is 6.61 Å². The number of ether oxygens (including phenoxy) is 1. The second-order valence-electron chi connectivity index (χ2n) is 2.38. The van der Waals surface area contributed by atoms with Crippen LogP contribution in [-0.2, 0) is 4.74 Å². The van der Waals surface area contributed by atoms with Gasteiger partial charge in [-0.3, -0.25) is 0 Å². The average Bonchev–Trinajstić information content (AvgIpc) is 1.78. The fourth-order valence-corrected chi connectivity index (χ4v) is 1.06. The molecule has 2 unspecified atom stereocenters. The van der Waals surface area contributed by atoms with E-state index >= 15 is 0 Å². The Labute approximate surface area is 56.4 Å². The molecule has 1 saturated heterocycles. The molecule has 1 aliphatic rings. The SMILES string of the molecule is C#CC(CC)C1CCO1. The Morgan fingerprint density at radius 3 is 2.67 bits per heavy atom. The van der Waals surface area contributed by atoms with E-state index in [-0.39, 0.29) is 0 Å². The van der Waals surface area contributed by atoms with E-state index in [9.17, 15) is 0 Å². The normalized spacial score (nSPS) is 28.2. The highest BCUT2D eigenvalue weighted by Crippen LogP contribution is 2.21. The van der Waals surface area contributed by atoms with Crippen molar-refractivity contribution in [1.29, 1.82) is 0 Å². The highest BCUT2D eigenvalue weighted by Gasteiger charge is 2.24. The predicted octanol–water partition coefficient (Wildman–Crippen LogP) is 1.43. The molecule has 0 bridgehead atoms. The lowest BCUT2D eigenvalue weighted by molar-refractivity contribution is -0.0722. The van der Waals surface area contributed by atoms with Crippen LogP contribution >= 0.6 is 0 Å². The van der Waals surface area contributed by atoms with Crippen molar-refractivity contribution in [2.24, 2.45) is 5.92 Å². The van der Waals surface area contributed by atoms with Crippen LogP contribution < -0.4 is 0 Å². The van der Waals surface area contributed by atoms with E-state index in [1.54, 1.807) is 0 Å². The molecule has 1 nitrogen and oxygen atoms in total. The quantitative estimate of drug-likeness (QED) is 0.506. The Kier molecular flexibility index (Phi) is 2.13. The third kappa shape index (κ3) is 1.25. The molecule has 0 aromatic heterocycles. The summed E-state index contributed by atoms with van der Waals surface area (Å²) in [6.45, 7) is 3.01. The molecule has 0 amide bonds. The molecule has 0 radical (unpaired) electrons. The summed E-state index contributed by atoms with van der Waals surface area (Å²) in [7, 11) is 0. The van der Waals surface area contributed by atoms with Crippen molar-refractivity contribution in [2.45, 2.75) is 25.9 Å². The first-order valence-electron chi connectivity index (χ1n) is 3.46. The van der Waals surface area contributed by atoms with Gasteiger partial charge in [-0.15, -0.1) is 12.3 Å². The molecular formula is C8H12O. The lowest BCUT2D eigenvalue weighted by Crippen LogP contribution is -2.33. The third-order valence-electron chi connectivity index (χ3n) is 1.84. The zero-order valence-corrected chi connectivity index (χ0v) is 5.76. The first kappa shape index (κ1) is 6.64. The van der Waals surface area contributed by atoms with Crippen LogP contribution in [0.3, 0.4) is 0 Å². The Morgan fingerprint density at radius 2 is 2.56 bits per heavy atom. The highest BCUT2D eigenvalue weighted by atomic mass is 16.5. The van der Waals surface area contributed by atoms with E-state index in [0.717, 1.165) is 19.4 Å². The van der Waals surface area contributed by atoms with Crippen molar-refractivity contribution in [1.82, 2.24) is 0 Å². The summed E-state index contributed by atoms with van der Waals surface area (Å²) in [4.78, 5) is 0. The van der Waals surface area contributed by atoms with Gasteiger partial charge < -0.3 is 4.74 Å². The lowest BCUT2D eigenvalue weighted by Gasteiger charge is -2.30. The lowest BCUT2D eigenvalue weighted by atomic mass is 9.95. The molecule has 0 aromatic carbocycles. The van der Waals surface area contributed by atoms with E-state index < -0.39 is 0 Å². The maximum absolute atomic E-state index is 5.26. The Hall–Kier alpha value is -0.480. The maximum atomic E-state index is 5.26. The summed E-state index contributed by atoms with van der Waals surface area (Å²) in [5.74, 6) is 3.09. The molecule has 1 rings (SSSR count). The third-order valence-corrected chi connectivity index (χ3v) is 1.84. The van der Waals surface area contributed by atoms with E-state index in [4.69, 9.17) is 11.2 Å². The molecule has 9 heavy (non-hydrogen) atoms.